The molecule has 0 aliphatic carbocycles. The van der Waals surface area contributed by atoms with Gasteiger partial charge in [-0.05, 0) is 61.2 Å². The number of hydrogen-bond donors (Lipinski definition) is 1. The highest BCUT2D eigenvalue weighted by molar-refractivity contribution is 6.66. The Bertz CT molecular complexity index is 904. The van der Waals surface area contributed by atoms with Gasteiger partial charge >= 0.3 is 8.56 Å². The topological polar surface area (TPSA) is 69.4 Å². The number of phenols is 1. The first-order chi connectivity index (χ1) is 12.8. The molecule has 7 heteroatoms. The molecular weight excluding hydrogens is 358 g/mol. The first-order valence-electron chi connectivity index (χ1n) is 9.10. The maximum atomic E-state index is 10.9. The van der Waals surface area contributed by atoms with Gasteiger partial charge in [-0.15, -0.1) is 15.0 Å². The van der Waals surface area contributed by atoms with Gasteiger partial charge in [0, 0.05) is 14.2 Å². The van der Waals surface area contributed by atoms with Crippen LogP contribution in [-0.2, 0) is 15.3 Å². The van der Waals surface area contributed by atoms with Gasteiger partial charge in [0.1, 0.15) is 22.5 Å². The minimum atomic E-state index is -2.16. The van der Waals surface area contributed by atoms with E-state index in [4.69, 9.17) is 8.85 Å². The molecule has 1 heterocycles. The van der Waals surface area contributed by atoms with E-state index >= 15 is 0 Å². The molecule has 6 nitrogen and oxygen atoms in total. The zero-order chi connectivity index (χ0) is 19.6. The Morgan fingerprint density at radius 1 is 1.11 bits per heavy atom. The Morgan fingerprint density at radius 3 is 2.26 bits per heavy atom. The Kier molecular flexibility index (Phi) is 5.64. The van der Waals surface area contributed by atoms with Crippen molar-refractivity contribution >= 4 is 19.6 Å². The van der Waals surface area contributed by atoms with Crippen LogP contribution in [0.4, 0.5) is 0 Å². The summed E-state index contributed by atoms with van der Waals surface area (Å²) in [5.41, 5.74) is 4.16. The summed E-state index contributed by atoms with van der Waals surface area (Å²) in [6, 6.07) is 12.5. The van der Waals surface area contributed by atoms with Crippen molar-refractivity contribution in [3.8, 4) is 11.4 Å². The third-order valence-electron chi connectivity index (χ3n) is 4.97. The lowest BCUT2D eigenvalue weighted by Gasteiger charge is -2.26. The minimum absolute atomic E-state index is 0.228. The van der Waals surface area contributed by atoms with Crippen LogP contribution in [0, 0.1) is 12.8 Å². The van der Waals surface area contributed by atoms with Gasteiger partial charge in [0.2, 0.25) is 0 Å². The van der Waals surface area contributed by atoms with E-state index in [9.17, 15) is 5.11 Å². The van der Waals surface area contributed by atoms with Crippen molar-refractivity contribution in [3.63, 3.8) is 0 Å². The van der Waals surface area contributed by atoms with Crippen LogP contribution in [0.5, 0.6) is 5.75 Å². The summed E-state index contributed by atoms with van der Waals surface area (Å²) in [6.45, 7) is 6.24. The molecule has 0 amide bonds. The number of aromatic nitrogens is 3. The maximum absolute atomic E-state index is 10.9. The Hall–Kier alpha value is -2.22. The van der Waals surface area contributed by atoms with Crippen LogP contribution in [-0.4, -0.2) is 42.9 Å². The van der Waals surface area contributed by atoms with Gasteiger partial charge in [-0.1, -0.05) is 25.1 Å². The van der Waals surface area contributed by atoms with Crippen LogP contribution >= 0.6 is 0 Å². The maximum Gasteiger partial charge on any atom is 0.334 e. The molecule has 2 aromatic carbocycles. The minimum Gasteiger partial charge on any atom is -0.505 e. The van der Waals surface area contributed by atoms with Gasteiger partial charge < -0.3 is 14.0 Å². The number of nitrogens with zero attached hydrogens (tertiary/aromatic N) is 3. The van der Waals surface area contributed by atoms with Gasteiger partial charge in [-0.2, -0.15) is 0 Å². The summed E-state index contributed by atoms with van der Waals surface area (Å²) in [7, 11) is 1.26. The molecule has 0 saturated heterocycles. The molecule has 0 spiro atoms. The SMILES string of the molecule is CO[Si](C)(CC(C)Cc1cc(C)cc(-n2nc3ccccc3n2)c1O)OC. The summed E-state index contributed by atoms with van der Waals surface area (Å²) in [5, 5.41) is 19.9. The molecule has 27 heavy (non-hydrogen) atoms. The first-order valence-corrected chi connectivity index (χ1v) is 11.6. The average molecular weight is 386 g/mol. The lowest BCUT2D eigenvalue weighted by Crippen LogP contribution is -2.38. The van der Waals surface area contributed by atoms with E-state index in [2.05, 4.69) is 23.7 Å². The standard InChI is InChI=1S/C20H27N3O3Si/c1-14-10-16(11-15(2)13-27(5,25-3)26-4)20(24)19(12-14)23-21-17-8-6-7-9-18(17)22-23/h6-10,12,15,24H,11,13H2,1-5H3. The Morgan fingerprint density at radius 2 is 1.70 bits per heavy atom. The van der Waals surface area contributed by atoms with E-state index in [1.165, 1.54) is 4.80 Å². The Balaban J connectivity index is 1.91. The highest BCUT2D eigenvalue weighted by atomic mass is 28.4. The second kappa shape index (κ2) is 7.80. The number of phenolic OH excluding ortho intramolecular Hbond substituents is 1. The van der Waals surface area contributed by atoms with Crippen LogP contribution in [0.15, 0.2) is 36.4 Å². The van der Waals surface area contributed by atoms with Gasteiger partial charge in [0.15, 0.2) is 0 Å². The molecule has 144 valence electrons. The lowest BCUT2D eigenvalue weighted by molar-refractivity contribution is 0.242. The van der Waals surface area contributed by atoms with Gasteiger partial charge in [0.05, 0.1) is 0 Å². The number of aromatic hydroxyl groups is 1. The normalized spacial score (nSPS) is 13.2. The molecule has 0 bridgehead atoms. The molecule has 3 rings (SSSR count). The predicted molar refractivity (Wildman–Crippen MR) is 109 cm³/mol. The quantitative estimate of drug-likeness (QED) is 0.623. The van der Waals surface area contributed by atoms with Crippen LogP contribution in [0.3, 0.4) is 0 Å². The van der Waals surface area contributed by atoms with Crippen molar-refractivity contribution in [1.29, 1.82) is 0 Å². The van der Waals surface area contributed by atoms with Crippen molar-refractivity contribution in [2.75, 3.05) is 14.2 Å². The van der Waals surface area contributed by atoms with E-state index in [0.29, 0.717) is 11.6 Å². The molecule has 1 aromatic heterocycles. The fraction of sp³-hybridized carbons (Fsp3) is 0.400. The fourth-order valence-corrected chi connectivity index (χ4v) is 5.35. The molecule has 0 saturated carbocycles. The van der Waals surface area contributed by atoms with Gasteiger partial charge in [0.25, 0.3) is 0 Å². The monoisotopic (exact) mass is 385 g/mol. The summed E-state index contributed by atoms with van der Waals surface area (Å²) >= 11 is 0. The van der Waals surface area contributed by atoms with Crippen molar-refractivity contribution in [1.82, 2.24) is 15.0 Å². The zero-order valence-electron chi connectivity index (χ0n) is 16.6. The highest BCUT2D eigenvalue weighted by Gasteiger charge is 2.31. The number of rotatable bonds is 7. The lowest BCUT2D eigenvalue weighted by atomic mass is 9.99. The number of aryl methyl sites for hydroxylation is 1. The summed E-state index contributed by atoms with van der Waals surface area (Å²) in [6.07, 6.45) is 0.733. The van der Waals surface area contributed by atoms with E-state index in [1.807, 2.05) is 43.3 Å². The van der Waals surface area contributed by atoms with Crippen LogP contribution < -0.4 is 0 Å². The smallest absolute Gasteiger partial charge is 0.334 e. The van der Waals surface area contributed by atoms with E-state index in [-0.39, 0.29) is 5.75 Å². The number of benzene rings is 2. The van der Waals surface area contributed by atoms with Crippen molar-refractivity contribution in [2.45, 2.75) is 32.9 Å². The molecular formula is C20H27N3O3Si. The van der Waals surface area contributed by atoms with Crippen LogP contribution in [0.1, 0.15) is 18.1 Å². The number of hydrogen-bond acceptors (Lipinski definition) is 5. The molecule has 0 radical (unpaired) electrons. The summed E-state index contributed by atoms with van der Waals surface area (Å²) in [4.78, 5) is 1.52. The van der Waals surface area contributed by atoms with Crippen LogP contribution in [0.2, 0.25) is 12.6 Å². The average Bonchev–Trinajstić information content (AvgIpc) is 3.08. The zero-order valence-corrected chi connectivity index (χ0v) is 17.6. The third kappa shape index (κ3) is 4.21. The molecule has 3 aromatic rings. The molecule has 0 aliphatic heterocycles. The van der Waals surface area contributed by atoms with E-state index < -0.39 is 8.56 Å². The van der Waals surface area contributed by atoms with Crippen molar-refractivity contribution < 1.29 is 14.0 Å². The van der Waals surface area contributed by atoms with E-state index in [0.717, 1.165) is 34.6 Å². The largest absolute Gasteiger partial charge is 0.505 e. The molecule has 1 unspecified atom stereocenters. The van der Waals surface area contributed by atoms with Gasteiger partial charge in [-0.25, -0.2) is 0 Å². The Labute approximate surface area is 161 Å². The van der Waals surface area contributed by atoms with Gasteiger partial charge in [-0.3, -0.25) is 0 Å². The van der Waals surface area contributed by atoms with Crippen molar-refractivity contribution in [3.05, 3.63) is 47.5 Å². The predicted octanol–water partition coefficient (Wildman–Crippen LogP) is 3.98. The van der Waals surface area contributed by atoms with Crippen molar-refractivity contribution in [2.24, 2.45) is 5.92 Å². The molecule has 1 N–H and O–H groups in total. The van der Waals surface area contributed by atoms with Crippen LogP contribution in [0.25, 0.3) is 16.7 Å². The van der Waals surface area contributed by atoms with E-state index in [1.54, 1.807) is 14.2 Å². The summed E-state index contributed by atoms with van der Waals surface area (Å²) in [5.74, 6) is 0.540. The molecule has 1 atom stereocenters. The third-order valence-corrected chi connectivity index (χ3v) is 8.13. The fourth-order valence-electron chi connectivity index (χ4n) is 3.44. The second-order valence-corrected chi connectivity index (χ2v) is 10.8. The summed E-state index contributed by atoms with van der Waals surface area (Å²) < 4.78 is 11.2. The molecule has 0 fully saturated rings. The molecule has 0 aliphatic rings. The number of fused-ring (bicyclic) bond motifs is 1. The first kappa shape index (κ1) is 19.5. The highest BCUT2D eigenvalue weighted by Crippen LogP contribution is 2.31. The second-order valence-electron chi connectivity index (χ2n) is 7.33.